The minimum atomic E-state index is -2.83. The fourth-order valence-corrected chi connectivity index (χ4v) is 3.98. The average Bonchev–Trinajstić information content (AvgIpc) is 2.85. The highest BCUT2D eigenvalue weighted by Crippen LogP contribution is 2.37. The first-order valence-corrected chi connectivity index (χ1v) is 8.13. The van der Waals surface area contributed by atoms with Crippen molar-refractivity contribution in [2.45, 2.75) is 51.0 Å². The minimum Gasteiger partial charge on any atom is -0.435 e. The summed E-state index contributed by atoms with van der Waals surface area (Å²) < 4.78 is 43.3. The highest BCUT2D eigenvalue weighted by atomic mass is 32.2. The van der Waals surface area contributed by atoms with Crippen LogP contribution in [0.5, 0.6) is 5.75 Å². The number of halogens is 2. The lowest BCUT2D eigenvalue weighted by molar-refractivity contribution is -0.0499. The van der Waals surface area contributed by atoms with Crippen molar-refractivity contribution in [2.24, 2.45) is 0 Å². The van der Waals surface area contributed by atoms with Gasteiger partial charge in [0.25, 0.3) is 0 Å². The van der Waals surface area contributed by atoms with Gasteiger partial charge in [0.2, 0.25) is 0 Å². The molecule has 1 aromatic carbocycles. The van der Waals surface area contributed by atoms with Crippen LogP contribution in [-0.2, 0) is 11.0 Å². The molecule has 1 heterocycles. The number of hydrogen-bond donors (Lipinski definition) is 0. The van der Waals surface area contributed by atoms with E-state index >= 15 is 0 Å². The van der Waals surface area contributed by atoms with Crippen LogP contribution in [0.1, 0.15) is 45.2 Å². The lowest BCUT2D eigenvalue weighted by Crippen LogP contribution is -2.37. The summed E-state index contributed by atoms with van der Waals surface area (Å²) in [4.78, 5) is 0. The Balaban J connectivity index is 2.22. The Labute approximate surface area is 126 Å². The zero-order chi connectivity index (χ0) is 15.6. The lowest BCUT2D eigenvalue weighted by Gasteiger charge is -2.30. The van der Waals surface area contributed by atoms with Crippen molar-refractivity contribution < 1.29 is 17.7 Å². The van der Waals surface area contributed by atoms with Crippen molar-refractivity contribution in [3.8, 4) is 5.75 Å². The number of rotatable bonds is 4. The molecule has 2 rings (SSSR count). The van der Waals surface area contributed by atoms with E-state index < -0.39 is 17.6 Å². The van der Waals surface area contributed by atoms with E-state index in [1.807, 2.05) is 31.1 Å². The molecule has 0 unspecified atom stereocenters. The fraction of sp³-hybridized carbons (Fsp3) is 0.600. The SMILES string of the molecule is CC(C)(C)[S@@](=O)N1CCC[C@@H]1c1cccc(OC(F)F)c1. The molecule has 1 aliphatic rings. The fourth-order valence-electron chi connectivity index (χ4n) is 2.52. The highest BCUT2D eigenvalue weighted by Gasteiger charge is 2.35. The summed E-state index contributed by atoms with van der Waals surface area (Å²) in [5.41, 5.74) is 0.878. The molecular weight excluding hydrogens is 296 g/mol. The Morgan fingerprint density at radius 2 is 2.10 bits per heavy atom. The summed E-state index contributed by atoms with van der Waals surface area (Å²) >= 11 is 0. The maximum absolute atomic E-state index is 12.6. The number of nitrogens with zero attached hydrogens (tertiary/aromatic N) is 1. The molecule has 1 saturated heterocycles. The Bertz CT molecular complexity index is 517. The molecule has 1 aromatic rings. The zero-order valence-corrected chi connectivity index (χ0v) is 13.3. The second-order valence-electron chi connectivity index (χ2n) is 6.11. The maximum Gasteiger partial charge on any atom is 0.387 e. The predicted molar refractivity (Wildman–Crippen MR) is 79.7 cm³/mol. The van der Waals surface area contributed by atoms with Crippen LogP contribution in [0.25, 0.3) is 0 Å². The van der Waals surface area contributed by atoms with Crippen LogP contribution in [0.3, 0.4) is 0 Å². The molecule has 0 aromatic heterocycles. The van der Waals surface area contributed by atoms with E-state index in [0.717, 1.165) is 24.9 Å². The van der Waals surface area contributed by atoms with Crippen LogP contribution in [-0.4, -0.2) is 26.4 Å². The van der Waals surface area contributed by atoms with E-state index in [1.165, 1.54) is 6.07 Å². The molecule has 0 spiro atoms. The summed E-state index contributed by atoms with van der Waals surface area (Å²) in [6.07, 6.45) is 1.83. The third kappa shape index (κ3) is 4.01. The van der Waals surface area contributed by atoms with Gasteiger partial charge in [0, 0.05) is 12.6 Å². The minimum absolute atomic E-state index is 0.00807. The maximum atomic E-state index is 12.6. The standard InChI is InChI=1S/C15H21F2NO2S/c1-15(2,3)21(19)18-9-5-8-13(18)11-6-4-7-12(10-11)20-14(16)17/h4,6-7,10,13-14H,5,8-9H2,1-3H3/t13-,21-/m1/s1. The van der Waals surface area contributed by atoms with Crippen molar-refractivity contribution in [2.75, 3.05) is 6.54 Å². The topological polar surface area (TPSA) is 29.5 Å². The van der Waals surface area contributed by atoms with Crippen molar-refractivity contribution in [1.82, 2.24) is 4.31 Å². The Morgan fingerprint density at radius 1 is 1.38 bits per heavy atom. The molecule has 0 radical (unpaired) electrons. The number of alkyl halides is 2. The van der Waals surface area contributed by atoms with Crippen molar-refractivity contribution in [1.29, 1.82) is 0 Å². The van der Waals surface area contributed by atoms with Gasteiger partial charge in [-0.05, 0) is 51.3 Å². The summed E-state index contributed by atoms with van der Waals surface area (Å²) in [7, 11) is -1.12. The lowest BCUT2D eigenvalue weighted by atomic mass is 10.1. The van der Waals surface area contributed by atoms with Crippen LogP contribution in [0.2, 0.25) is 0 Å². The molecule has 118 valence electrons. The summed E-state index contributed by atoms with van der Waals surface area (Å²) in [6, 6.07) is 6.70. The quantitative estimate of drug-likeness (QED) is 0.843. The number of ether oxygens (including phenoxy) is 1. The van der Waals surface area contributed by atoms with Gasteiger partial charge in [-0.1, -0.05) is 12.1 Å². The molecule has 6 heteroatoms. The first-order chi connectivity index (χ1) is 9.79. The van der Waals surface area contributed by atoms with E-state index in [4.69, 9.17) is 0 Å². The summed E-state index contributed by atoms with van der Waals surface area (Å²) in [5, 5.41) is 0. The van der Waals surface area contributed by atoms with Gasteiger partial charge >= 0.3 is 6.61 Å². The second kappa shape index (κ2) is 6.40. The zero-order valence-electron chi connectivity index (χ0n) is 12.5. The first-order valence-electron chi connectivity index (χ1n) is 7.02. The Morgan fingerprint density at radius 3 is 2.71 bits per heavy atom. The van der Waals surface area contributed by atoms with Gasteiger partial charge < -0.3 is 4.74 Å². The molecule has 1 fully saturated rings. The molecule has 0 saturated carbocycles. The van der Waals surface area contributed by atoms with E-state index in [-0.39, 0.29) is 16.5 Å². The monoisotopic (exact) mass is 317 g/mol. The predicted octanol–water partition coefficient (Wildman–Crippen LogP) is 3.89. The average molecular weight is 317 g/mol. The van der Waals surface area contributed by atoms with Gasteiger partial charge in [0.15, 0.2) is 0 Å². The van der Waals surface area contributed by atoms with Crippen molar-refractivity contribution >= 4 is 11.0 Å². The molecule has 1 aliphatic heterocycles. The van der Waals surface area contributed by atoms with E-state index in [0.29, 0.717) is 0 Å². The first kappa shape index (κ1) is 16.4. The Kier molecular flexibility index (Phi) is 4.99. The van der Waals surface area contributed by atoms with E-state index in [9.17, 15) is 13.0 Å². The summed E-state index contributed by atoms with van der Waals surface area (Å²) in [6.45, 7) is 3.75. The number of hydrogen-bond acceptors (Lipinski definition) is 2. The molecule has 0 bridgehead atoms. The third-order valence-electron chi connectivity index (χ3n) is 3.41. The largest absolute Gasteiger partial charge is 0.435 e. The normalized spacial score (nSPS) is 21.7. The third-order valence-corrected chi connectivity index (χ3v) is 5.32. The summed E-state index contributed by atoms with van der Waals surface area (Å²) in [5.74, 6) is 0.149. The van der Waals surface area contributed by atoms with Gasteiger partial charge in [0.05, 0.1) is 4.75 Å². The van der Waals surface area contributed by atoms with Crippen LogP contribution < -0.4 is 4.74 Å². The van der Waals surface area contributed by atoms with Crippen LogP contribution in [0.4, 0.5) is 8.78 Å². The van der Waals surface area contributed by atoms with Gasteiger partial charge in [-0.3, -0.25) is 0 Å². The molecule has 3 nitrogen and oxygen atoms in total. The molecule has 0 aliphatic carbocycles. The van der Waals surface area contributed by atoms with Crippen molar-refractivity contribution in [3.63, 3.8) is 0 Å². The highest BCUT2D eigenvalue weighted by molar-refractivity contribution is 7.84. The molecule has 0 N–H and O–H groups in total. The van der Waals surface area contributed by atoms with Crippen LogP contribution in [0.15, 0.2) is 24.3 Å². The van der Waals surface area contributed by atoms with Gasteiger partial charge in [-0.15, -0.1) is 0 Å². The molecule has 2 atom stereocenters. The van der Waals surface area contributed by atoms with Crippen LogP contribution in [0, 0.1) is 0 Å². The van der Waals surface area contributed by atoms with Crippen LogP contribution >= 0.6 is 0 Å². The van der Waals surface area contributed by atoms with E-state index in [2.05, 4.69) is 4.74 Å². The van der Waals surface area contributed by atoms with Crippen molar-refractivity contribution in [3.05, 3.63) is 29.8 Å². The molecular formula is C15H21F2NO2S. The molecule has 0 amide bonds. The van der Waals surface area contributed by atoms with Gasteiger partial charge in [-0.25, -0.2) is 8.51 Å². The second-order valence-corrected chi connectivity index (χ2v) is 8.30. The van der Waals surface area contributed by atoms with E-state index in [1.54, 1.807) is 12.1 Å². The Hall–Kier alpha value is -1.01. The van der Waals surface area contributed by atoms with Gasteiger partial charge in [-0.2, -0.15) is 8.78 Å². The number of benzene rings is 1. The molecule has 21 heavy (non-hydrogen) atoms. The van der Waals surface area contributed by atoms with Gasteiger partial charge in [0.1, 0.15) is 16.7 Å². The smallest absolute Gasteiger partial charge is 0.387 e.